The van der Waals surface area contributed by atoms with Crippen molar-refractivity contribution in [3.63, 3.8) is 0 Å². The summed E-state index contributed by atoms with van der Waals surface area (Å²) in [5.74, 6) is 0. The maximum Gasteiger partial charge on any atom is 0.109 e. The molecule has 0 fully saturated rings. The minimum atomic E-state index is 0.356. The molecule has 0 aliphatic carbocycles. The van der Waals surface area contributed by atoms with Gasteiger partial charge in [-0.1, -0.05) is 18.2 Å². The predicted molar refractivity (Wildman–Crippen MR) is 78.3 cm³/mol. The summed E-state index contributed by atoms with van der Waals surface area (Å²) in [5, 5.41) is 7.46. The largest absolute Gasteiger partial charge is 0.307 e. The highest BCUT2D eigenvalue weighted by atomic mass is 32.2. The van der Waals surface area contributed by atoms with Crippen LogP contribution in [0.2, 0.25) is 0 Å². The van der Waals surface area contributed by atoms with Crippen LogP contribution in [-0.2, 0) is 6.42 Å². The Morgan fingerprint density at radius 2 is 2.33 bits per heavy atom. The Balaban J connectivity index is 1.54. The lowest BCUT2D eigenvalue weighted by molar-refractivity contribution is 0.564. The van der Waals surface area contributed by atoms with Crippen LogP contribution in [0.3, 0.4) is 0 Å². The lowest BCUT2D eigenvalue weighted by Crippen LogP contribution is -2.27. The minimum Gasteiger partial charge on any atom is -0.307 e. The van der Waals surface area contributed by atoms with Gasteiger partial charge in [0.2, 0.25) is 0 Å². The van der Waals surface area contributed by atoms with Crippen molar-refractivity contribution in [3.05, 3.63) is 46.4 Å². The van der Waals surface area contributed by atoms with Gasteiger partial charge in [0.15, 0.2) is 0 Å². The monoisotopic (exact) mass is 276 g/mol. The van der Waals surface area contributed by atoms with Crippen LogP contribution in [0.1, 0.15) is 23.5 Å². The van der Waals surface area contributed by atoms with Gasteiger partial charge in [-0.2, -0.15) is 0 Å². The number of aromatic nitrogens is 1. The van der Waals surface area contributed by atoms with E-state index in [0.29, 0.717) is 11.3 Å². The summed E-state index contributed by atoms with van der Waals surface area (Å²) in [4.78, 5) is 5.80. The molecular weight excluding hydrogens is 260 g/mol. The first-order chi connectivity index (χ1) is 8.83. The van der Waals surface area contributed by atoms with Gasteiger partial charge in [0.25, 0.3) is 0 Å². The van der Waals surface area contributed by atoms with Crippen LogP contribution in [0, 0.1) is 0 Å². The second-order valence-corrected chi connectivity index (χ2v) is 6.82. The molecule has 0 saturated carbocycles. The highest BCUT2D eigenvalue weighted by molar-refractivity contribution is 8.00. The molecule has 1 aliphatic heterocycles. The number of nitrogens with zero attached hydrogens (tertiary/aromatic N) is 1. The quantitative estimate of drug-likeness (QED) is 0.925. The number of thioether (sulfide) groups is 1. The SMILES string of the molecule is CC(NCC1Cc2ccccc2S1)c1nccs1. The summed E-state index contributed by atoms with van der Waals surface area (Å²) in [6.45, 7) is 3.23. The van der Waals surface area contributed by atoms with Gasteiger partial charge in [0.1, 0.15) is 5.01 Å². The standard InChI is InChI=1S/C14H16N2S2/c1-10(14-15-6-7-17-14)16-9-12-8-11-4-2-3-5-13(11)18-12/h2-7,10,12,16H,8-9H2,1H3. The highest BCUT2D eigenvalue weighted by Gasteiger charge is 2.22. The first kappa shape index (κ1) is 12.2. The fourth-order valence-electron chi connectivity index (χ4n) is 2.21. The van der Waals surface area contributed by atoms with Crippen molar-refractivity contribution in [2.45, 2.75) is 29.5 Å². The van der Waals surface area contributed by atoms with Crippen molar-refractivity contribution >= 4 is 23.1 Å². The molecule has 0 saturated heterocycles. The van der Waals surface area contributed by atoms with E-state index in [1.807, 2.05) is 23.3 Å². The van der Waals surface area contributed by atoms with Gasteiger partial charge in [-0.05, 0) is 25.0 Å². The Hall–Kier alpha value is -0.840. The molecule has 0 radical (unpaired) electrons. The fourth-order valence-corrected chi connectivity index (χ4v) is 4.14. The van der Waals surface area contributed by atoms with E-state index < -0.39 is 0 Å². The Bertz CT molecular complexity index is 485. The lowest BCUT2D eigenvalue weighted by atomic mass is 10.1. The summed E-state index contributed by atoms with van der Waals surface area (Å²) in [5.41, 5.74) is 1.50. The molecule has 2 aromatic rings. The lowest BCUT2D eigenvalue weighted by Gasteiger charge is -2.14. The maximum atomic E-state index is 4.35. The average molecular weight is 276 g/mol. The second-order valence-electron chi connectivity index (χ2n) is 4.55. The number of hydrogen-bond acceptors (Lipinski definition) is 4. The third-order valence-corrected chi connectivity index (χ3v) is 5.46. The van der Waals surface area contributed by atoms with Crippen LogP contribution in [0.15, 0.2) is 40.7 Å². The van der Waals surface area contributed by atoms with Crippen LogP contribution in [0.5, 0.6) is 0 Å². The summed E-state index contributed by atoms with van der Waals surface area (Å²) in [6, 6.07) is 9.08. The van der Waals surface area contributed by atoms with E-state index >= 15 is 0 Å². The molecule has 1 N–H and O–H groups in total. The number of thiazole rings is 1. The first-order valence-electron chi connectivity index (χ1n) is 6.20. The van der Waals surface area contributed by atoms with E-state index in [2.05, 4.69) is 41.5 Å². The topological polar surface area (TPSA) is 24.9 Å². The zero-order chi connectivity index (χ0) is 12.4. The molecule has 1 aromatic carbocycles. The highest BCUT2D eigenvalue weighted by Crippen LogP contribution is 2.36. The Morgan fingerprint density at radius 1 is 1.44 bits per heavy atom. The zero-order valence-corrected chi connectivity index (χ0v) is 11.9. The van der Waals surface area contributed by atoms with Gasteiger partial charge in [0, 0.05) is 28.3 Å². The molecule has 4 heteroatoms. The minimum absolute atomic E-state index is 0.356. The first-order valence-corrected chi connectivity index (χ1v) is 7.96. The molecule has 18 heavy (non-hydrogen) atoms. The third kappa shape index (κ3) is 2.60. The van der Waals surface area contributed by atoms with Crippen molar-refractivity contribution in [2.24, 2.45) is 0 Å². The van der Waals surface area contributed by atoms with E-state index in [4.69, 9.17) is 0 Å². The van der Waals surface area contributed by atoms with Gasteiger partial charge >= 0.3 is 0 Å². The van der Waals surface area contributed by atoms with E-state index in [-0.39, 0.29) is 0 Å². The molecule has 2 atom stereocenters. The van der Waals surface area contributed by atoms with Crippen LogP contribution < -0.4 is 5.32 Å². The third-order valence-electron chi connectivity index (χ3n) is 3.19. The molecule has 0 amide bonds. The van der Waals surface area contributed by atoms with Crippen LogP contribution >= 0.6 is 23.1 Å². The van der Waals surface area contributed by atoms with Gasteiger partial charge in [-0.15, -0.1) is 23.1 Å². The summed E-state index contributed by atoms with van der Waals surface area (Å²) >= 11 is 3.72. The Kier molecular flexibility index (Phi) is 3.68. The molecule has 1 aliphatic rings. The van der Waals surface area contributed by atoms with E-state index in [0.717, 1.165) is 6.54 Å². The van der Waals surface area contributed by atoms with Crippen molar-refractivity contribution in [1.29, 1.82) is 0 Å². The molecule has 0 spiro atoms. The van der Waals surface area contributed by atoms with Crippen molar-refractivity contribution in [1.82, 2.24) is 10.3 Å². The van der Waals surface area contributed by atoms with Gasteiger partial charge in [-0.3, -0.25) is 0 Å². The molecule has 2 unspecified atom stereocenters. The zero-order valence-electron chi connectivity index (χ0n) is 10.3. The van der Waals surface area contributed by atoms with Crippen LogP contribution in [-0.4, -0.2) is 16.8 Å². The van der Waals surface area contributed by atoms with E-state index in [1.165, 1.54) is 21.9 Å². The number of rotatable bonds is 4. The molecule has 0 bridgehead atoms. The molecular formula is C14H16N2S2. The van der Waals surface area contributed by atoms with Crippen LogP contribution in [0.4, 0.5) is 0 Å². The molecule has 3 rings (SSSR count). The van der Waals surface area contributed by atoms with Gasteiger partial charge < -0.3 is 5.32 Å². The summed E-state index contributed by atoms with van der Waals surface area (Å²) in [6.07, 6.45) is 3.05. The summed E-state index contributed by atoms with van der Waals surface area (Å²) < 4.78 is 0. The summed E-state index contributed by atoms with van der Waals surface area (Å²) in [7, 11) is 0. The van der Waals surface area contributed by atoms with Crippen molar-refractivity contribution in [3.8, 4) is 0 Å². The number of hydrogen-bond donors (Lipinski definition) is 1. The molecule has 2 nitrogen and oxygen atoms in total. The number of nitrogens with one attached hydrogen (secondary N) is 1. The Labute approximate surface area is 116 Å². The smallest absolute Gasteiger partial charge is 0.109 e. The van der Waals surface area contributed by atoms with E-state index in [1.54, 1.807) is 11.3 Å². The van der Waals surface area contributed by atoms with E-state index in [9.17, 15) is 0 Å². The number of benzene rings is 1. The molecule has 94 valence electrons. The van der Waals surface area contributed by atoms with Crippen molar-refractivity contribution in [2.75, 3.05) is 6.54 Å². The Morgan fingerprint density at radius 3 is 3.11 bits per heavy atom. The number of fused-ring (bicyclic) bond motifs is 1. The maximum absolute atomic E-state index is 4.35. The molecule has 2 heterocycles. The van der Waals surface area contributed by atoms with Crippen LogP contribution in [0.25, 0.3) is 0 Å². The predicted octanol–water partition coefficient (Wildman–Crippen LogP) is 3.51. The van der Waals surface area contributed by atoms with Crippen molar-refractivity contribution < 1.29 is 0 Å². The van der Waals surface area contributed by atoms with Gasteiger partial charge in [-0.25, -0.2) is 4.98 Å². The average Bonchev–Trinajstić information content (AvgIpc) is 3.04. The molecule has 1 aromatic heterocycles. The fraction of sp³-hybridized carbons (Fsp3) is 0.357. The normalized spacial score (nSPS) is 19.7. The second kappa shape index (κ2) is 5.43. The van der Waals surface area contributed by atoms with Gasteiger partial charge in [0.05, 0.1) is 6.04 Å².